The highest BCUT2D eigenvalue weighted by atomic mass is 16.4. The molecule has 4 rings (SSSR count). The molecule has 0 saturated carbocycles. The summed E-state index contributed by atoms with van der Waals surface area (Å²) in [6.07, 6.45) is 1.89. The lowest BCUT2D eigenvalue weighted by atomic mass is 10.0. The molecular formula is C25H24N4O4. The van der Waals surface area contributed by atoms with E-state index in [4.69, 9.17) is 0 Å². The number of pyridine rings is 1. The summed E-state index contributed by atoms with van der Waals surface area (Å²) >= 11 is 0. The fourth-order valence-electron chi connectivity index (χ4n) is 3.73. The highest BCUT2D eigenvalue weighted by Gasteiger charge is 2.28. The Labute approximate surface area is 190 Å². The van der Waals surface area contributed by atoms with Crippen molar-refractivity contribution in [2.45, 2.75) is 19.4 Å². The zero-order chi connectivity index (χ0) is 23.5. The molecule has 0 aliphatic heterocycles. The third kappa shape index (κ3) is 4.41. The number of aliphatic carboxylic acids is 1. The molecule has 0 bridgehead atoms. The van der Waals surface area contributed by atoms with Gasteiger partial charge in [0.2, 0.25) is 0 Å². The topological polar surface area (TPSA) is 112 Å². The zero-order valence-electron chi connectivity index (χ0n) is 18.3. The van der Waals surface area contributed by atoms with Gasteiger partial charge in [0.1, 0.15) is 23.2 Å². The molecule has 8 heteroatoms. The minimum Gasteiger partial charge on any atom is -0.480 e. The number of nitrogens with zero attached hydrogens (tertiary/aromatic N) is 2. The molecule has 0 saturated heterocycles. The van der Waals surface area contributed by atoms with Crippen LogP contribution in [0, 0.1) is 0 Å². The van der Waals surface area contributed by atoms with Crippen LogP contribution < -0.4 is 26.4 Å². The SMILES string of the molecule is CCN(C)c1c(N[C@@H](Cc2ccc(Nc3nccc4ccccc34)cc2)C(=O)O)c(=O)c1=O. The monoisotopic (exact) mass is 444 g/mol. The second-order valence-corrected chi connectivity index (χ2v) is 7.84. The van der Waals surface area contributed by atoms with Crippen LogP contribution in [-0.2, 0) is 11.2 Å². The first-order valence-electron chi connectivity index (χ1n) is 10.6. The molecule has 0 aliphatic carbocycles. The number of benzene rings is 2. The van der Waals surface area contributed by atoms with E-state index in [9.17, 15) is 19.5 Å². The molecule has 3 aromatic carbocycles. The van der Waals surface area contributed by atoms with Crippen molar-refractivity contribution in [3.05, 3.63) is 86.8 Å². The lowest BCUT2D eigenvalue weighted by Gasteiger charge is -2.24. The Kier molecular flexibility index (Phi) is 6.08. The summed E-state index contributed by atoms with van der Waals surface area (Å²) in [7, 11) is 1.69. The Hall–Kier alpha value is -4.20. The molecule has 8 nitrogen and oxygen atoms in total. The Bertz CT molecular complexity index is 1370. The Morgan fingerprint density at radius 1 is 1.06 bits per heavy atom. The number of carbonyl (C=O) groups is 1. The summed E-state index contributed by atoms with van der Waals surface area (Å²) in [6.45, 7) is 2.37. The van der Waals surface area contributed by atoms with Crippen LogP contribution in [0.1, 0.15) is 12.5 Å². The van der Waals surface area contributed by atoms with Crippen LogP contribution in [0.4, 0.5) is 22.9 Å². The molecule has 3 N–H and O–H groups in total. The summed E-state index contributed by atoms with van der Waals surface area (Å²) < 4.78 is 0. The van der Waals surface area contributed by atoms with Gasteiger partial charge in [-0.3, -0.25) is 9.59 Å². The normalized spacial score (nSPS) is 11.9. The maximum Gasteiger partial charge on any atom is 0.326 e. The highest BCUT2D eigenvalue weighted by molar-refractivity contribution is 5.93. The minimum atomic E-state index is -1.10. The van der Waals surface area contributed by atoms with E-state index < -0.39 is 22.9 Å². The molecule has 0 unspecified atom stereocenters. The van der Waals surface area contributed by atoms with Gasteiger partial charge in [-0.05, 0) is 36.1 Å². The molecular weight excluding hydrogens is 420 g/mol. The van der Waals surface area contributed by atoms with E-state index >= 15 is 0 Å². The van der Waals surface area contributed by atoms with Gasteiger partial charge in [-0.15, -0.1) is 0 Å². The number of aromatic nitrogens is 1. The predicted octanol–water partition coefficient (Wildman–Crippen LogP) is 3.14. The van der Waals surface area contributed by atoms with E-state index in [1.54, 1.807) is 18.1 Å². The lowest BCUT2D eigenvalue weighted by Crippen LogP contribution is -2.44. The third-order valence-corrected chi connectivity index (χ3v) is 5.69. The van der Waals surface area contributed by atoms with Crippen molar-refractivity contribution in [2.24, 2.45) is 0 Å². The molecule has 168 valence electrons. The van der Waals surface area contributed by atoms with Crippen LogP contribution in [0.25, 0.3) is 10.8 Å². The average molecular weight is 444 g/mol. The number of carboxylic acids is 1. The standard InChI is InChI=1S/C25H24N4O4/c1-3-29(2)21-20(22(30)23(21)31)28-19(25(32)33)14-15-8-10-17(11-9-15)27-24-18-7-5-4-6-16(18)12-13-26-24/h4-13,19,28H,3,14H2,1-2H3,(H,26,27)(H,32,33)/t19-/m0/s1. The summed E-state index contributed by atoms with van der Waals surface area (Å²) in [5.74, 6) is -0.367. The summed E-state index contributed by atoms with van der Waals surface area (Å²) in [5, 5.41) is 17.8. The van der Waals surface area contributed by atoms with E-state index in [0.29, 0.717) is 6.54 Å². The van der Waals surface area contributed by atoms with Gasteiger partial charge in [-0.1, -0.05) is 36.4 Å². The molecule has 0 fully saturated rings. The molecule has 1 aromatic heterocycles. The van der Waals surface area contributed by atoms with E-state index in [0.717, 1.165) is 27.8 Å². The summed E-state index contributed by atoms with van der Waals surface area (Å²) in [6, 6.07) is 16.2. The Morgan fingerprint density at radius 3 is 2.48 bits per heavy atom. The Balaban J connectivity index is 1.49. The summed E-state index contributed by atoms with van der Waals surface area (Å²) in [4.78, 5) is 41.8. The molecule has 0 spiro atoms. The first-order chi connectivity index (χ1) is 15.9. The molecule has 4 aromatic rings. The van der Waals surface area contributed by atoms with E-state index in [1.165, 1.54) is 0 Å². The first-order valence-corrected chi connectivity index (χ1v) is 10.6. The van der Waals surface area contributed by atoms with Crippen molar-refractivity contribution in [3.63, 3.8) is 0 Å². The van der Waals surface area contributed by atoms with Gasteiger partial charge in [-0.2, -0.15) is 0 Å². The van der Waals surface area contributed by atoms with Crippen molar-refractivity contribution >= 4 is 39.6 Å². The van der Waals surface area contributed by atoms with Crippen molar-refractivity contribution in [3.8, 4) is 0 Å². The van der Waals surface area contributed by atoms with Gasteiger partial charge in [0.15, 0.2) is 0 Å². The number of carboxylic acid groups (broad SMARTS) is 1. The second-order valence-electron chi connectivity index (χ2n) is 7.84. The molecule has 0 amide bonds. The smallest absolute Gasteiger partial charge is 0.326 e. The predicted molar refractivity (Wildman–Crippen MR) is 131 cm³/mol. The second kappa shape index (κ2) is 9.12. The fraction of sp³-hybridized carbons (Fsp3) is 0.200. The van der Waals surface area contributed by atoms with E-state index in [-0.39, 0.29) is 17.8 Å². The number of fused-ring (bicyclic) bond motifs is 1. The maximum absolute atomic E-state index is 12.0. The molecule has 1 atom stereocenters. The highest BCUT2D eigenvalue weighted by Crippen LogP contribution is 2.25. The quantitative estimate of drug-likeness (QED) is 0.338. The van der Waals surface area contributed by atoms with E-state index in [1.807, 2.05) is 61.5 Å². The van der Waals surface area contributed by atoms with Crippen LogP contribution >= 0.6 is 0 Å². The largest absolute Gasteiger partial charge is 0.480 e. The number of rotatable bonds is 9. The van der Waals surface area contributed by atoms with Crippen LogP contribution in [0.3, 0.4) is 0 Å². The van der Waals surface area contributed by atoms with Gasteiger partial charge in [0.25, 0.3) is 10.9 Å². The average Bonchev–Trinajstić information content (AvgIpc) is 2.83. The van der Waals surface area contributed by atoms with Crippen molar-refractivity contribution in [1.29, 1.82) is 0 Å². The zero-order valence-corrected chi connectivity index (χ0v) is 18.3. The van der Waals surface area contributed by atoms with Gasteiger partial charge < -0.3 is 20.6 Å². The van der Waals surface area contributed by atoms with Crippen molar-refractivity contribution in [1.82, 2.24) is 4.98 Å². The van der Waals surface area contributed by atoms with Gasteiger partial charge in [0, 0.05) is 37.3 Å². The first kappa shape index (κ1) is 22.0. The van der Waals surface area contributed by atoms with Gasteiger partial charge in [0.05, 0.1) is 0 Å². The molecule has 0 aliphatic rings. The third-order valence-electron chi connectivity index (χ3n) is 5.69. The van der Waals surface area contributed by atoms with Crippen molar-refractivity contribution in [2.75, 3.05) is 29.1 Å². The van der Waals surface area contributed by atoms with Gasteiger partial charge in [-0.25, -0.2) is 9.78 Å². The number of hydrogen-bond acceptors (Lipinski definition) is 7. The van der Waals surface area contributed by atoms with Crippen LogP contribution in [0.5, 0.6) is 0 Å². The fourth-order valence-corrected chi connectivity index (χ4v) is 3.73. The molecule has 0 radical (unpaired) electrons. The van der Waals surface area contributed by atoms with Gasteiger partial charge >= 0.3 is 5.97 Å². The van der Waals surface area contributed by atoms with Crippen molar-refractivity contribution < 1.29 is 9.90 Å². The maximum atomic E-state index is 12.0. The number of anilines is 4. The van der Waals surface area contributed by atoms with Crippen LogP contribution in [0.15, 0.2) is 70.4 Å². The minimum absolute atomic E-state index is 0.0667. The number of hydrogen-bond donors (Lipinski definition) is 3. The van der Waals surface area contributed by atoms with Crippen LogP contribution in [-0.4, -0.2) is 35.7 Å². The van der Waals surface area contributed by atoms with Crippen LogP contribution in [0.2, 0.25) is 0 Å². The van der Waals surface area contributed by atoms with E-state index in [2.05, 4.69) is 15.6 Å². The number of nitrogens with one attached hydrogen (secondary N) is 2. The lowest BCUT2D eigenvalue weighted by molar-refractivity contribution is -0.137. The molecule has 1 heterocycles. The summed E-state index contributed by atoms with van der Waals surface area (Å²) in [5.41, 5.74) is 0.613. The molecule has 33 heavy (non-hydrogen) atoms. The Morgan fingerprint density at radius 2 is 1.79 bits per heavy atom.